The van der Waals surface area contributed by atoms with E-state index in [0.29, 0.717) is 0 Å². The van der Waals surface area contributed by atoms with Crippen molar-refractivity contribution in [3.8, 4) is 0 Å². The Balaban J connectivity index is 1.87. The van der Waals surface area contributed by atoms with E-state index in [2.05, 4.69) is 13.8 Å². The molecular weight excluding hydrogens is 694 g/mol. The van der Waals surface area contributed by atoms with Crippen molar-refractivity contribution in [3.63, 3.8) is 0 Å². The zero-order chi connectivity index (χ0) is 35.7. The standard InChI is InChI=1S/C22H44O23P2/c1-37-5-9(25)15(29)10(26)6-39-22-18(32)20(14(4-24)43-22)45-47(35,36)41-8-12(28)16(30)11(27)7-40-21-17(31)19(13(3-23)42-21)44-46(33,34)38-2/h9-32H,3-8H2,1-2H3,(H,33,34)(H,35,36)/t9?,10?,11?,12?,13-,14-,15?,16?,17?,18?,19+,20+,21-,22-/m1/s1. The lowest BCUT2D eigenvalue weighted by Gasteiger charge is -2.26. The molecule has 0 saturated carbocycles. The van der Waals surface area contributed by atoms with Crippen molar-refractivity contribution in [2.24, 2.45) is 0 Å². The monoisotopic (exact) mass is 738 g/mol. The van der Waals surface area contributed by atoms with Gasteiger partial charge in [0.15, 0.2) is 12.6 Å². The van der Waals surface area contributed by atoms with Gasteiger partial charge in [0.05, 0.1) is 39.6 Å². The molecule has 0 aromatic rings. The van der Waals surface area contributed by atoms with Crippen molar-refractivity contribution >= 4 is 15.6 Å². The second-order valence-electron chi connectivity index (χ2n) is 10.4. The summed E-state index contributed by atoms with van der Waals surface area (Å²) >= 11 is 0. The lowest BCUT2D eigenvalue weighted by molar-refractivity contribution is -0.194. The first-order valence-corrected chi connectivity index (χ1v) is 16.8. The Morgan fingerprint density at radius 1 is 0.638 bits per heavy atom. The number of aliphatic hydroxyl groups is 10. The quantitative estimate of drug-likeness (QED) is 0.0459. The molecule has 2 fully saturated rings. The Bertz CT molecular complexity index is 1010. The first-order chi connectivity index (χ1) is 21.9. The summed E-state index contributed by atoms with van der Waals surface area (Å²) in [6.07, 6.45) is -24.2. The number of phosphoric ester groups is 2. The molecule has 25 heteroatoms. The fraction of sp³-hybridized carbons (Fsp3) is 1.00. The van der Waals surface area contributed by atoms with Gasteiger partial charge in [-0.25, -0.2) is 9.13 Å². The van der Waals surface area contributed by atoms with Crippen LogP contribution in [-0.4, -0.2) is 201 Å². The molecule has 2 heterocycles. The summed E-state index contributed by atoms with van der Waals surface area (Å²) in [4.78, 5) is 19.6. The first kappa shape index (κ1) is 42.8. The van der Waals surface area contributed by atoms with Gasteiger partial charge in [-0.1, -0.05) is 0 Å². The summed E-state index contributed by atoms with van der Waals surface area (Å²) in [5.74, 6) is 0. The van der Waals surface area contributed by atoms with Crippen LogP contribution in [0.4, 0.5) is 0 Å². The highest BCUT2D eigenvalue weighted by molar-refractivity contribution is 7.47. The molecule has 2 aliphatic rings. The van der Waals surface area contributed by atoms with Crippen LogP contribution in [0.25, 0.3) is 0 Å². The van der Waals surface area contributed by atoms with Crippen molar-refractivity contribution in [3.05, 3.63) is 0 Å². The minimum absolute atomic E-state index is 0.317. The molecular formula is C22H44O23P2. The number of hydrogen-bond acceptors (Lipinski definition) is 21. The average Bonchev–Trinajstić information content (AvgIpc) is 3.49. The van der Waals surface area contributed by atoms with Gasteiger partial charge in [-0.2, -0.15) is 0 Å². The van der Waals surface area contributed by atoms with Crippen molar-refractivity contribution in [1.29, 1.82) is 0 Å². The number of methoxy groups -OCH3 is 1. The lowest BCUT2D eigenvalue weighted by atomic mass is 10.1. The third kappa shape index (κ3) is 12.4. The van der Waals surface area contributed by atoms with E-state index >= 15 is 0 Å². The van der Waals surface area contributed by atoms with E-state index in [9.17, 15) is 70.0 Å². The van der Waals surface area contributed by atoms with E-state index in [1.54, 1.807) is 0 Å². The predicted molar refractivity (Wildman–Crippen MR) is 146 cm³/mol. The van der Waals surface area contributed by atoms with Gasteiger partial charge in [-0.3, -0.25) is 18.1 Å². The molecule has 10 unspecified atom stereocenters. The van der Waals surface area contributed by atoms with Gasteiger partial charge in [-0.05, 0) is 0 Å². The van der Waals surface area contributed by atoms with Crippen molar-refractivity contribution in [2.75, 3.05) is 53.9 Å². The van der Waals surface area contributed by atoms with Crippen LogP contribution in [0.15, 0.2) is 0 Å². The molecule has 2 aliphatic heterocycles. The van der Waals surface area contributed by atoms with Crippen LogP contribution >= 0.6 is 15.6 Å². The van der Waals surface area contributed by atoms with Crippen LogP contribution in [0.1, 0.15) is 0 Å². The van der Waals surface area contributed by atoms with E-state index in [0.717, 1.165) is 7.11 Å². The van der Waals surface area contributed by atoms with E-state index in [4.69, 9.17) is 28.0 Å². The highest BCUT2D eigenvalue weighted by atomic mass is 31.2. The fourth-order valence-corrected chi connectivity index (χ4v) is 5.88. The SMILES string of the molecule is COCC(O)C(O)C(O)CO[C@@H]1O[C@H](CO)[C@H](OP(=O)(O)OCC(O)C(O)C(O)CO[C@@H]2O[C@H](CO)[C@H](OP(=O)(O)OC)C2O)C1O. The van der Waals surface area contributed by atoms with Crippen LogP contribution in [0, 0.1) is 0 Å². The molecule has 0 aromatic heterocycles. The Kier molecular flexibility index (Phi) is 17.6. The average molecular weight is 739 g/mol. The molecule has 0 aromatic carbocycles. The second kappa shape index (κ2) is 19.3. The van der Waals surface area contributed by atoms with Crippen LogP contribution in [0.5, 0.6) is 0 Å². The van der Waals surface area contributed by atoms with Crippen LogP contribution in [0.3, 0.4) is 0 Å². The lowest BCUT2D eigenvalue weighted by Crippen LogP contribution is -2.44. The van der Waals surface area contributed by atoms with Crippen molar-refractivity contribution in [2.45, 2.75) is 85.8 Å². The molecule has 0 spiro atoms. The Morgan fingerprint density at radius 3 is 1.40 bits per heavy atom. The smallest absolute Gasteiger partial charge is 0.394 e. The topological polar surface area (TPSA) is 360 Å². The fourth-order valence-electron chi connectivity index (χ4n) is 4.26. The number of phosphoric acid groups is 2. The van der Waals surface area contributed by atoms with Gasteiger partial charge in [0.25, 0.3) is 0 Å². The zero-order valence-electron chi connectivity index (χ0n) is 25.1. The summed E-state index contributed by atoms with van der Waals surface area (Å²) < 4.78 is 68.0. The summed E-state index contributed by atoms with van der Waals surface area (Å²) in [5.41, 5.74) is 0. The summed E-state index contributed by atoms with van der Waals surface area (Å²) in [5, 5.41) is 99.9. The third-order valence-electron chi connectivity index (χ3n) is 6.87. The summed E-state index contributed by atoms with van der Waals surface area (Å²) in [6, 6.07) is 0. The molecule has 16 atom stereocenters. The van der Waals surface area contributed by atoms with Crippen LogP contribution < -0.4 is 0 Å². The zero-order valence-corrected chi connectivity index (χ0v) is 26.9. The van der Waals surface area contributed by atoms with Gasteiger partial charge < -0.3 is 84.5 Å². The number of ether oxygens (including phenoxy) is 5. The van der Waals surface area contributed by atoms with Crippen molar-refractivity contribution in [1.82, 2.24) is 0 Å². The molecule has 0 amide bonds. The van der Waals surface area contributed by atoms with Gasteiger partial charge in [0, 0.05) is 14.2 Å². The van der Waals surface area contributed by atoms with E-state index in [-0.39, 0.29) is 6.61 Å². The van der Waals surface area contributed by atoms with Gasteiger partial charge in [0.1, 0.15) is 73.2 Å². The van der Waals surface area contributed by atoms with Gasteiger partial charge in [-0.15, -0.1) is 0 Å². The molecule has 23 nitrogen and oxygen atoms in total. The first-order valence-electron chi connectivity index (χ1n) is 13.8. The third-order valence-corrected chi connectivity index (χ3v) is 8.82. The second-order valence-corrected chi connectivity index (χ2v) is 13.3. The normalized spacial score (nSPS) is 34.7. The number of rotatable bonds is 22. The molecule has 0 radical (unpaired) electrons. The molecule has 47 heavy (non-hydrogen) atoms. The number of hydrogen-bond donors (Lipinski definition) is 12. The largest absolute Gasteiger partial charge is 0.472 e. The number of aliphatic hydroxyl groups excluding tert-OH is 10. The molecule has 2 saturated heterocycles. The van der Waals surface area contributed by atoms with Gasteiger partial charge in [0.2, 0.25) is 0 Å². The van der Waals surface area contributed by atoms with Crippen LogP contribution in [-0.2, 0) is 50.9 Å². The molecule has 12 N–H and O–H groups in total. The van der Waals surface area contributed by atoms with E-state index < -0.39 is 135 Å². The molecule has 0 bridgehead atoms. The highest BCUT2D eigenvalue weighted by Crippen LogP contribution is 2.48. The minimum Gasteiger partial charge on any atom is -0.394 e. The minimum atomic E-state index is -5.20. The van der Waals surface area contributed by atoms with Crippen molar-refractivity contribution < 1.29 is 112 Å². The van der Waals surface area contributed by atoms with E-state index in [1.165, 1.54) is 7.11 Å². The maximum absolute atomic E-state index is 12.5. The molecule has 2 rings (SSSR count). The maximum atomic E-state index is 12.5. The van der Waals surface area contributed by atoms with Gasteiger partial charge >= 0.3 is 15.6 Å². The molecule has 280 valence electrons. The summed E-state index contributed by atoms with van der Waals surface area (Å²) in [6.45, 7) is -4.70. The Labute approximate surface area is 267 Å². The predicted octanol–water partition coefficient (Wildman–Crippen LogP) is -6.38. The Morgan fingerprint density at radius 2 is 1.02 bits per heavy atom. The van der Waals surface area contributed by atoms with E-state index in [1.807, 2.05) is 0 Å². The van der Waals surface area contributed by atoms with Crippen LogP contribution in [0.2, 0.25) is 0 Å². The maximum Gasteiger partial charge on any atom is 0.472 e. The highest BCUT2D eigenvalue weighted by Gasteiger charge is 2.50. The molecule has 0 aliphatic carbocycles. The summed E-state index contributed by atoms with van der Waals surface area (Å²) in [7, 11) is -7.73. The Hall–Kier alpha value is -0.380.